The average Bonchev–Trinajstić information content (AvgIpc) is 2.89. The third-order valence-corrected chi connectivity index (χ3v) is 6.88. The molecule has 1 aliphatic rings. The van der Waals surface area contributed by atoms with E-state index in [0.29, 0.717) is 17.3 Å². The summed E-state index contributed by atoms with van der Waals surface area (Å²) < 4.78 is 0. The molecule has 0 spiro atoms. The fourth-order valence-electron chi connectivity index (χ4n) is 4.51. The molecule has 4 aromatic rings. The van der Waals surface area contributed by atoms with Gasteiger partial charge in [-0.2, -0.15) is 0 Å². The number of halogens is 1. The number of nitrogens with zero attached hydrogens (tertiary/aromatic N) is 4. The van der Waals surface area contributed by atoms with Gasteiger partial charge in [0.2, 0.25) is 0 Å². The number of nitrogens with one attached hydrogen (secondary N) is 1. The first-order valence-corrected chi connectivity index (χ1v) is 12.1. The van der Waals surface area contributed by atoms with Gasteiger partial charge < -0.3 is 15.1 Å². The zero-order valence-corrected chi connectivity index (χ0v) is 20.3. The van der Waals surface area contributed by atoms with Crippen molar-refractivity contribution in [1.82, 2.24) is 14.8 Å². The van der Waals surface area contributed by atoms with Crippen LogP contribution in [0.5, 0.6) is 0 Å². The Hall–Kier alpha value is -3.66. The Bertz CT molecular complexity index is 1450. The van der Waals surface area contributed by atoms with E-state index >= 15 is 0 Å². The summed E-state index contributed by atoms with van der Waals surface area (Å²) in [7, 11) is 2.09. The fraction of sp³-hybridized carbons (Fsp3) is 0.250. The van der Waals surface area contributed by atoms with Gasteiger partial charge >= 0.3 is 0 Å². The lowest BCUT2D eigenvalue weighted by molar-refractivity contribution is 0.0664. The number of anilines is 1. The van der Waals surface area contributed by atoms with E-state index in [2.05, 4.69) is 45.3 Å². The van der Waals surface area contributed by atoms with Crippen LogP contribution in [-0.2, 0) is 6.42 Å². The Morgan fingerprint density at radius 1 is 1.06 bits per heavy atom. The zero-order valence-electron chi connectivity index (χ0n) is 19.6. The lowest BCUT2D eigenvalue weighted by Crippen LogP contribution is -2.47. The molecule has 0 aliphatic carbocycles. The highest BCUT2D eigenvalue weighted by molar-refractivity contribution is 6.34. The van der Waals surface area contributed by atoms with E-state index in [-0.39, 0.29) is 5.91 Å². The van der Waals surface area contributed by atoms with Gasteiger partial charge in [0.05, 0.1) is 22.8 Å². The van der Waals surface area contributed by atoms with Crippen LogP contribution >= 0.6 is 11.6 Å². The van der Waals surface area contributed by atoms with Crippen LogP contribution in [0.25, 0.3) is 26.5 Å². The average molecular weight is 484 g/mol. The summed E-state index contributed by atoms with van der Waals surface area (Å²) in [6.07, 6.45) is 2.45. The van der Waals surface area contributed by atoms with Crippen molar-refractivity contribution in [3.63, 3.8) is 0 Å². The maximum Gasteiger partial charge on any atom is 0.253 e. The molecular formula is C28H26ClN5O. The third-order valence-electron chi connectivity index (χ3n) is 6.59. The summed E-state index contributed by atoms with van der Waals surface area (Å²) in [6, 6.07) is 17.8. The predicted octanol–water partition coefficient (Wildman–Crippen LogP) is 5.63. The molecule has 0 radical (unpaired) electrons. The maximum absolute atomic E-state index is 12.9. The molecule has 1 fully saturated rings. The second-order valence-electron chi connectivity index (χ2n) is 8.96. The van der Waals surface area contributed by atoms with Crippen LogP contribution in [0.4, 0.5) is 11.4 Å². The minimum absolute atomic E-state index is 0.108. The molecule has 0 atom stereocenters. The number of aromatic nitrogens is 1. The number of fused-ring (bicyclic) bond motifs is 2. The van der Waals surface area contributed by atoms with Crippen LogP contribution in [0, 0.1) is 6.57 Å². The molecule has 1 N–H and O–H groups in total. The van der Waals surface area contributed by atoms with Crippen LogP contribution in [0.2, 0.25) is 5.02 Å². The summed E-state index contributed by atoms with van der Waals surface area (Å²) in [5, 5.41) is 7.01. The van der Waals surface area contributed by atoms with Crippen molar-refractivity contribution in [2.45, 2.75) is 6.42 Å². The van der Waals surface area contributed by atoms with Crippen molar-refractivity contribution in [3.05, 3.63) is 88.4 Å². The summed E-state index contributed by atoms with van der Waals surface area (Å²) >= 11 is 6.43. The molecule has 0 saturated carbocycles. The molecule has 0 bridgehead atoms. The minimum atomic E-state index is 0.108. The van der Waals surface area contributed by atoms with Crippen LogP contribution in [0.15, 0.2) is 60.8 Å². The lowest BCUT2D eigenvalue weighted by atomic mass is 10.0. The van der Waals surface area contributed by atoms with Gasteiger partial charge in [0.1, 0.15) is 0 Å². The monoisotopic (exact) mass is 483 g/mol. The molecule has 2 heterocycles. The molecule has 1 saturated heterocycles. The normalized spacial score (nSPS) is 14.3. The molecular weight excluding hydrogens is 458 g/mol. The van der Waals surface area contributed by atoms with Crippen molar-refractivity contribution in [2.75, 3.05) is 45.1 Å². The summed E-state index contributed by atoms with van der Waals surface area (Å²) in [5.41, 5.74) is 4.10. The van der Waals surface area contributed by atoms with Gasteiger partial charge in [-0.3, -0.25) is 9.78 Å². The molecule has 1 aromatic heterocycles. The highest BCUT2D eigenvalue weighted by Gasteiger charge is 2.20. The lowest BCUT2D eigenvalue weighted by Gasteiger charge is -2.32. The molecule has 1 aliphatic heterocycles. The van der Waals surface area contributed by atoms with Gasteiger partial charge in [-0.1, -0.05) is 41.9 Å². The standard InChI is InChI=1S/C28H26ClN5O/c1-30-23-7-8-26-24(17-23)27(25(29)18-32-26)31-10-9-19-3-4-21-16-22(6-5-20(21)15-19)28(35)34-13-11-33(2)12-14-34/h3-8,15-18H,9-14H2,2H3,(H,31,32). The number of pyridine rings is 1. The van der Waals surface area contributed by atoms with Gasteiger partial charge in [-0.15, -0.1) is 0 Å². The Labute approximate surface area is 209 Å². The van der Waals surface area contributed by atoms with Gasteiger partial charge in [0, 0.05) is 49.9 Å². The summed E-state index contributed by atoms with van der Waals surface area (Å²) in [6.45, 7) is 11.3. The van der Waals surface area contributed by atoms with E-state index in [1.165, 1.54) is 5.56 Å². The minimum Gasteiger partial charge on any atom is -0.383 e. The van der Waals surface area contributed by atoms with Crippen LogP contribution in [-0.4, -0.2) is 60.5 Å². The second-order valence-corrected chi connectivity index (χ2v) is 9.37. The van der Waals surface area contributed by atoms with Crippen molar-refractivity contribution in [3.8, 4) is 0 Å². The smallest absolute Gasteiger partial charge is 0.253 e. The number of hydrogen-bond donors (Lipinski definition) is 1. The Morgan fingerprint density at radius 2 is 1.83 bits per heavy atom. The zero-order chi connectivity index (χ0) is 24.4. The number of carbonyl (C=O) groups is 1. The number of hydrogen-bond acceptors (Lipinski definition) is 4. The van der Waals surface area contributed by atoms with Crippen LogP contribution in [0.3, 0.4) is 0 Å². The number of likely N-dealkylation sites (N-methyl/N-ethyl adjacent to an activating group) is 1. The highest BCUT2D eigenvalue weighted by Crippen LogP contribution is 2.32. The van der Waals surface area contributed by atoms with Gasteiger partial charge in [0.25, 0.3) is 5.91 Å². The molecule has 6 nitrogen and oxygen atoms in total. The topological polar surface area (TPSA) is 52.8 Å². The second kappa shape index (κ2) is 9.91. The quantitative estimate of drug-likeness (QED) is 0.373. The number of piperazine rings is 1. The highest BCUT2D eigenvalue weighted by atomic mass is 35.5. The maximum atomic E-state index is 12.9. The van der Waals surface area contributed by atoms with Crippen molar-refractivity contribution < 1.29 is 4.79 Å². The number of rotatable bonds is 5. The predicted molar refractivity (Wildman–Crippen MR) is 143 cm³/mol. The van der Waals surface area contributed by atoms with E-state index < -0.39 is 0 Å². The molecule has 5 rings (SSSR count). The number of carbonyl (C=O) groups excluding carboxylic acids is 1. The number of amides is 1. The van der Waals surface area contributed by atoms with E-state index in [0.717, 1.165) is 65.5 Å². The largest absolute Gasteiger partial charge is 0.383 e. The van der Waals surface area contributed by atoms with Crippen molar-refractivity contribution >= 4 is 50.6 Å². The SMILES string of the molecule is [C-]#[N+]c1ccc2ncc(Cl)c(NCCc3ccc4cc(C(=O)N5CCN(C)CC5)ccc4c3)c2c1. The third kappa shape index (κ3) is 4.93. The van der Waals surface area contributed by atoms with E-state index in [1.807, 2.05) is 35.2 Å². The molecule has 35 heavy (non-hydrogen) atoms. The van der Waals surface area contributed by atoms with E-state index in [4.69, 9.17) is 18.2 Å². The van der Waals surface area contributed by atoms with Crippen molar-refractivity contribution in [1.29, 1.82) is 0 Å². The Kier molecular flexibility index (Phi) is 6.54. The van der Waals surface area contributed by atoms with Gasteiger partial charge in [-0.25, -0.2) is 4.85 Å². The van der Waals surface area contributed by atoms with Crippen molar-refractivity contribution in [2.24, 2.45) is 0 Å². The van der Waals surface area contributed by atoms with Gasteiger partial charge in [0.15, 0.2) is 5.69 Å². The summed E-state index contributed by atoms with van der Waals surface area (Å²) in [4.78, 5) is 25.0. The van der Waals surface area contributed by atoms with E-state index in [9.17, 15) is 4.79 Å². The number of benzene rings is 3. The molecule has 1 amide bonds. The van der Waals surface area contributed by atoms with E-state index in [1.54, 1.807) is 12.3 Å². The molecule has 7 heteroatoms. The Balaban J connectivity index is 1.28. The first-order valence-electron chi connectivity index (χ1n) is 11.7. The van der Waals surface area contributed by atoms with Crippen LogP contribution in [0.1, 0.15) is 15.9 Å². The summed E-state index contributed by atoms with van der Waals surface area (Å²) in [5.74, 6) is 0.108. The molecule has 0 unspecified atom stereocenters. The van der Waals surface area contributed by atoms with Gasteiger partial charge in [-0.05, 0) is 54.1 Å². The first-order chi connectivity index (χ1) is 17.0. The first kappa shape index (κ1) is 23.1. The fourth-order valence-corrected chi connectivity index (χ4v) is 4.73. The molecule has 3 aromatic carbocycles. The Morgan fingerprint density at radius 3 is 2.63 bits per heavy atom. The molecule has 176 valence electrons. The van der Waals surface area contributed by atoms with Crippen LogP contribution < -0.4 is 5.32 Å².